The maximum absolute atomic E-state index is 10.2. The Morgan fingerprint density at radius 1 is 1.12 bits per heavy atom. The highest BCUT2D eigenvalue weighted by Gasteiger charge is 2.13. The molecule has 0 spiro atoms. The van der Waals surface area contributed by atoms with E-state index in [4.69, 9.17) is 5.11 Å². The van der Waals surface area contributed by atoms with E-state index >= 15 is 0 Å². The summed E-state index contributed by atoms with van der Waals surface area (Å²) >= 11 is 0. The molecule has 2 nitrogen and oxygen atoms in total. The van der Waals surface area contributed by atoms with Gasteiger partial charge in [0.1, 0.15) is 0 Å². The summed E-state index contributed by atoms with van der Waals surface area (Å²) < 4.78 is 0. The van der Waals surface area contributed by atoms with E-state index in [0.29, 0.717) is 12.3 Å². The van der Waals surface area contributed by atoms with E-state index in [1.165, 1.54) is 38.5 Å². The van der Waals surface area contributed by atoms with Crippen molar-refractivity contribution in [3.05, 3.63) is 0 Å². The second-order valence-corrected chi connectivity index (χ2v) is 4.14. The fourth-order valence-corrected chi connectivity index (χ4v) is 1.80. The standard InChI is InChI=1S/C9H16O2.C3H8.C2H6/c10-9(11)7-6-8-4-2-1-3-5-8;1-3-2;1-2/h8H,1-7H2,(H,10,11);3H2,1-2H3;1-2H3. The smallest absolute Gasteiger partial charge is 0.303 e. The van der Waals surface area contributed by atoms with Gasteiger partial charge in [0.15, 0.2) is 0 Å². The van der Waals surface area contributed by atoms with Crippen molar-refractivity contribution in [1.29, 1.82) is 0 Å². The van der Waals surface area contributed by atoms with E-state index < -0.39 is 5.97 Å². The predicted octanol–water partition coefficient (Wildman–Crippen LogP) is 4.87. The predicted molar refractivity (Wildman–Crippen MR) is 70.8 cm³/mol. The minimum absolute atomic E-state index is 0.366. The molecule has 0 heterocycles. The van der Waals surface area contributed by atoms with Crippen LogP contribution in [0.1, 0.15) is 79.1 Å². The highest BCUT2D eigenvalue weighted by molar-refractivity contribution is 5.66. The van der Waals surface area contributed by atoms with Crippen LogP contribution in [0.5, 0.6) is 0 Å². The minimum Gasteiger partial charge on any atom is -0.481 e. The molecule has 16 heavy (non-hydrogen) atoms. The van der Waals surface area contributed by atoms with Gasteiger partial charge in [0.2, 0.25) is 0 Å². The zero-order valence-electron chi connectivity index (χ0n) is 11.6. The molecule has 0 aliphatic heterocycles. The van der Waals surface area contributed by atoms with E-state index in [1.807, 2.05) is 13.8 Å². The first kappa shape index (κ1) is 17.9. The van der Waals surface area contributed by atoms with Crippen LogP contribution in [0.3, 0.4) is 0 Å². The molecule has 2 heteroatoms. The number of aliphatic carboxylic acids is 1. The van der Waals surface area contributed by atoms with Crippen LogP contribution < -0.4 is 0 Å². The van der Waals surface area contributed by atoms with E-state index in [2.05, 4.69) is 13.8 Å². The monoisotopic (exact) mass is 230 g/mol. The quantitative estimate of drug-likeness (QED) is 0.750. The lowest BCUT2D eigenvalue weighted by molar-refractivity contribution is -0.137. The van der Waals surface area contributed by atoms with Gasteiger partial charge in [-0.15, -0.1) is 0 Å². The van der Waals surface area contributed by atoms with Crippen molar-refractivity contribution in [3.8, 4) is 0 Å². The number of rotatable bonds is 3. The summed E-state index contributed by atoms with van der Waals surface area (Å²) in [5.74, 6) is 0.0652. The maximum atomic E-state index is 10.2. The van der Waals surface area contributed by atoms with Gasteiger partial charge in [-0.1, -0.05) is 66.2 Å². The SMILES string of the molecule is CC.CCC.O=C(O)CCC1CCCCC1. The normalized spacial score (nSPS) is 15.2. The summed E-state index contributed by atoms with van der Waals surface area (Å²) in [5.41, 5.74) is 0. The Bertz CT molecular complexity index is 138. The van der Waals surface area contributed by atoms with Crippen LogP contribution in [0, 0.1) is 5.92 Å². The fourth-order valence-electron chi connectivity index (χ4n) is 1.80. The molecular formula is C14H30O2. The molecule has 1 saturated carbocycles. The number of hydrogen-bond donors (Lipinski definition) is 1. The van der Waals surface area contributed by atoms with Crippen molar-refractivity contribution in [3.63, 3.8) is 0 Å². The molecule has 0 aromatic heterocycles. The molecule has 0 aromatic carbocycles. The number of hydrogen-bond acceptors (Lipinski definition) is 1. The van der Waals surface area contributed by atoms with Gasteiger partial charge in [-0.2, -0.15) is 0 Å². The van der Waals surface area contributed by atoms with E-state index in [-0.39, 0.29) is 0 Å². The lowest BCUT2D eigenvalue weighted by Gasteiger charge is -2.20. The molecule has 1 rings (SSSR count). The van der Waals surface area contributed by atoms with E-state index in [9.17, 15) is 4.79 Å². The molecule has 1 N–H and O–H groups in total. The third-order valence-electron chi connectivity index (χ3n) is 2.49. The Morgan fingerprint density at radius 2 is 1.56 bits per heavy atom. The second kappa shape index (κ2) is 14.5. The molecule has 0 radical (unpaired) electrons. The summed E-state index contributed by atoms with van der Waals surface area (Å²) in [4.78, 5) is 10.2. The number of carbonyl (C=O) groups is 1. The largest absolute Gasteiger partial charge is 0.481 e. The molecule has 1 aliphatic rings. The fraction of sp³-hybridized carbons (Fsp3) is 0.929. The summed E-state index contributed by atoms with van der Waals surface area (Å²) in [7, 11) is 0. The van der Waals surface area contributed by atoms with Crippen LogP contribution in [0.4, 0.5) is 0 Å². The lowest BCUT2D eigenvalue weighted by Crippen LogP contribution is -2.08. The molecular weight excluding hydrogens is 200 g/mol. The molecule has 0 bridgehead atoms. The van der Waals surface area contributed by atoms with Gasteiger partial charge in [-0.25, -0.2) is 0 Å². The summed E-state index contributed by atoms with van der Waals surface area (Å²) in [6, 6.07) is 0. The molecule has 1 fully saturated rings. The van der Waals surface area contributed by atoms with Crippen LogP contribution in [-0.2, 0) is 4.79 Å². The molecule has 0 saturated heterocycles. The lowest BCUT2D eigenvalue weighted by atomic mass is 9.86. The number of carboxylic acid groups (broad SMARTS) is 1. The van der Waals surface area contributed by atoms with Gasteiger partial charge in [0.25, 0.3) is 0 Å². The van der Waals surface area contributed by atoms with Gasteiger partial charge < -0.3 is 5.11 Å². The first-order valence-corrected chi connectivity index (χ1v) is 6.92. The van der Waals surface area contributed by atoms with Crippen molar-refractivity contribution in [2.24, 2.45) is 5.92 Å². The van der Waals surface area contributed by atoms with Crippen molar-refractivity contribution in [1.82, 2.24) is 0 Å². The van der Waals surface area contributed by atoms with Crippen molar-refractivity contribution >= 4 is 5.97 Å². The van der Waals surface area contributed by atoms with Gasteiger partial charge in [0, 0.05) is 6.42 Å². The van der Waals surface area contributed by atoms with Crippen LogP contribution in [-0.4, -0.2) is 11.1 Å². The number of carboxylic acids is 1. The molecule has 0 unspecified atom stereocenters. The molecule has 98 valence electrons. The summed E-state index contributed by atoms with van der Waals surface area (Å²) in [5, 5.41) is 8.44. The average molecular weight is 230 g/mol. The Kier molecular flexibility index (Phi) is 16.1. The zero-order valence-corrected chi connectivity index (χ0v) is 11.6. The summed E-state index contributed by atoms with van der Waals surface area (Å²) in [6.07, 6.45) is 9.00. The molecule has 0 amide bonds. The Labute approximate surface area is 101 Å². The third kappa shape index (κ3) is 13.5. The van der Waals surface area contributed by atoms with Gasteiger partial charge in [0.05, 0.1) is 0 Å². The Balaban J connectivity index is 0. The third-order valence-corrected chi connectivity index (χ3v) is 2.49. The molecule has 0 aromatic rings. The highest BCUT2D eigenvalue weighted by Crippen LogP contribution is 2.26. The van der Waals surface area contributed by atoms with E-state index in [0.717, 1.165) is 6.42 Å². The molecule has 0 atom stereocenters. The second-order valence-electron chi connectivity index (χ2n) is 4.14. The molecule has 1 aliphatic carbocycles. The van der Waals surface area contributed by atoms with E-state index in [1.54, 1.807) is 0 Å². The van der Waals surface area contributed by atoms with Crippen molar-refractivity contribution < 1.29 is 9.90 Å². The Morgan fingerprint density at radius 3 is 1.94 bits per heavy atom. The Hall–Kier alpha value is -0.530. The minimum atomic E-state index is -0.643. The highest BCUT2D eigenvalue weighted by atomic mass is 16.4. The van der Waals surface area contributed by atoms with Crippen LogP contribution in [0.2, 0.25) is 0 Å². The summed E-state index contributed by atoms with van der Waals surface area (Å²) in [6.45, 7) is 8.25. The van der Waals surface area contributed by atoms with Crippen molar-refractivity contribution in [2.75, 3.05) is 0 Å². The van der Waals surface area contributed by atoms with Gasteiger partial charge >= 0.3 is 5.97 Å². The van der Waals surface area contributed by atoms with Crippen molar-refractivity contribution in [2.45, 2.75) is 79.1 Å². The zero-order chi connectivity index (χ0) is 12.8. The van der Waals surface area contributed by atoms with Gasteiger partial charge in [-0.05, 0) is 12.3 Å². The first-order valence-electron chi connectivity index (χ1n) is 6.92. The average Bonchev–Trinajstić information content (AvgIpc) is 2.31. The van der Waals surface area contributed by atoms with Crippen LogP contribution in [0.25, 0.3) is 0 Å². The van der Waals surface area contributed by atoms with Gasteiger partial charge in [-0.3, -0.25) is 4.79 Å². The first-order chi connectivity index (χ1) is 7.70. The maximum Gasteiger partial charge on any atom is 0.303 e. The van der Waals surface area contributed by atoms with Crippen LogP contribution in [0.15, 0.2) is 0 Å². The topological polar surface area (TPSA) is 37.3 Å². The van der Waals surface area contributed by atoms with Crippen LogP contribution >= 0.6 is 0 Å².